The minimum absolute atomic E-state index is 0.387. The van der Waals surface area contributed by atoms with E-state index < -0.39 is 0 Å². The molecule has 0 radical (unpaired) electrons. The molecule has 0 aliphatic rings. The minimum Gasteiger partial charge on any atom is -0.423 e. The van der Waals surface area contributed by atoms with Crippen LogP contribution in [0.3, 0.4) is 0 Å². The molecule has 0 saturated carbocycles. The monoisotopic (exact) mass is 330 g/mol. The fourth-order valence-corrected chi connectivity index (χ4v) is 2.36. The highest BCUT2D eigenvalue weighted by Gasteiger charge is 2.10. The van der Waals surface area contributed by atoms with Gasteiger partial charge in [0.2, 0.25) is 0 Å². The van der Waals surface area contributed by atoms with Crippen molar-refractivity contribution in [2.24, 2.45) is 7.05 Å². The van der Waals surface area contributed by atoms with Crippen LogP contribution in [0.4, 0.5) is 0 Å². The number of carbonyl (C=O) groups excluding carboxylic acids is 1. The number of hydrogen-bond acceptors (Lipinski definition) is 3. The molecular weight excluding hydrogens is 320 g/mol. The second-order valence-electron chi connectivity index (χ2n) is 4.41. The fraction of sp³-hybridized carbons (Fsp3) is 0.0667. The van der Waals surface area contributed by atoms with Gasteiger partial charge in [0.25, 0.3) is 0 Å². The topological polar surface area (TPSA) is 44.1 Å². The molecule has 1 aromatic heterocycles. The number of rotatable bonds is 2. The predicted octanol–water partition coefficient (Wildman–Crippen LogP) is 3.56. The summed E-state index contributed by atoms with van der Waals surface area (Å²) in [5.74, 6) is 0.0998. The molecule has 0 unspecified atom stereocenters. The lowest BCUT2D eigenvalue weighted by Crippen LogP contribution is -2.08. The molecule has 4 nitrogen and oxygen atoms in total. The molecule has 2 aromatic carbocycles. The van der Waals surface area contributed by atoms with Gasteiger partial charge in [0.05, 0.1) is 22.9 Å². The number of esters is 1. The van der Waals surface area contributed by atoms with Crippen molar-refractivity contribution in [3.8, 4) is 5.75 Å². The molecule has 100 valence electrons. The molecule has 20 heavy (non-hydrogen) atoms. The molecule has 0 spiro atoms. The Balaban J connectivity index is 1.87. The Morgan fingerprint density at radius 3 is 2.90 bits per heavy atom. The average molecular weight is 331 g/mol. The molecule has 3 aromatic rings. The van der Waals surface area contributed by atoms with Gasteiger partial charge in [-0.25, -0.2) is 9.78 Å². The van der Waals surface area contributed by atoms with Gasteiger partial charge in [-0.3, -0.25) is 0 Å². The maximum Gasteiger partial charge on any atom is 0.343 e. The van der Waals surface area contributed by atoms with Crippen molar-refractivity contribution in [2.45, 2.75) is 0 Å². The SMILES string of the molecule is Cn1cnc2cc(OC(=O)c3cccc(Br)c3)ccc21. The van der Waals surface area contributed by atoms with Crippen molar-refractivity contribution < 1.29 is 9.53 Å². The second kappa shape index (κ2) is 5.09. The number of imidazole rings is 1. The van der Waals surface area contributed by atoms with Crippen molar-refractivity contribution >= 4 is 32.9 Å². The number of fused-ring (bicyclic) bond motifs is 1. The second-order valence-corrected chi connectivity index (χ2v) is 5.32. The third-order valence-electron chi connectivity index (χ3n) is 2.97. The van der Waals surface area contributed by atoms with Gasteiger partial charge in [0.15, 0.2) is 0 Å². The van der Waals surface area contributed by atoms with Gasteiger partial charge in [-0.1, -0.05) is 22.0 Å². The highest BCUT2D eigenvalue weighted by Crippen LogP contribution is 2.21. The molecule has 0 fully saturated rings. The van der Waals surface area contributed by atoms with Crippen molar-refractivity contribution in [2.75, 3.05) is 0 Å². The highest BCUT2D eigenvalue weighted by molar-refractivity contribution is 9.10. The molecule has 0 aliphatic heterocycles. The summed E-state index contributed by atoms with van der Waals surface area (Å²) in [6, 6.07) is 12.5. The smallest absolute Gasteiger partial charge is 0.343 e. The van der Waals surface area contributed by atoms with E-state index in [2.05, 4.69) is 20.9 Å². The molecule has 5 heteroatoms. The Morgan fingerprint density at radius 2 is 2.10 bits per heavy atom. The molecule has 0 N–H and O–H groups in total. The third-order valence-corrected chi connectivity index (χ3v) is 3.46. The van der Waals surface area contributed by atoms with Gasteiger partial charge in [-0.2, -0.15) is 0 Å². The summed E-state index contributed by atoms with van der Waals surface area (Å²) >= 11 is 3.33. The molecule has 0 bridgehead atoms. The Bertz CT molecular complexity index is 795. The molecule has 0 saturated heterocycles. The lowest BCUT2D eigenvalue weighted by atomic mass is 10.2. The predicted molar refractivity (Wildman–Crippen MR) is 79.8 cm³/mol. The van der Waals surface area contributed by atoms with Crippen LogP contribution in [0.5, 0.6) is 5.75 Å². The van der Waals surface area contributed by atoms with E-state index in [-0.39, 0.29) is 5.97 Å². The van der Waals surface area contributed by atoms with E-state index in [1.807, 2.05) is 23.7 Å². The maximum atomic E-state index is 12.0. The van der Waals surface area contributed by atoms with E-state index in [0.717, 1.165) is 15.5 Å². The van der Waals surface area contributed by atoms with Gasteiger partial charge >= 0.3 is 5.97 Å². The summed E-state index contributed by atoms with van der Waals surface area (Å²) in [6.45, 7) is 0. The summed E-state index contributed by atoms with van der Waals surface area (Å²) in [4.78, 5) is 16.3. The number of hydrogen-bond donors (Lipinski definition) is 0. The standard InChI is InChI=1S/C15H11BrN2O2/c1-18-9-17-13-8-12(5-6-14(13)18)20-15(19)10-3-2-4-11(16)7-10/h2-9H,1H3. The number of nitrogens with zero attached hydrogens (tertiary/aromatic N) is 2. The summed E-state index contributed by atoms with van der Waals surface area (Å²) in [5, 5.41) is 0. The lowest BCUT2D eigenvalue weighted by molar-refractivity contribution is 0.0735. The van der Waals surface area contributed by atoms with Crippen LogP contribution in [-0.2, 0) is 7.05 Å². The summed E-state index contributed by atoms with van der Waals surface area (Å²) in [5.41, 5.74) is 2.29. The number of ether oxygens (including phenoxy) is 1. The first-order chi connectivity index (χ1) is 9.63. The average Bonchev–Trinajstić information content (AvgIpc) is 2.80. The zero-order valence-corrected chi connectivity index (χ0v) is 12.3. The zero-order chi connectivity index (χ0) is 14.1. The van der Waals surface area contributed by atoms with Crippen LogP contribution < -0.4 is 4.74 Å². The quantitative estimate of drug-likeness (QED) is 0.533. The van der Waals surface area contributed by atoms with Crippen molar-refractivity contribution in [3.05, 3.63) is 58.8 Å². The van der Waals surface area contributed by atoms with E-state index in [4.69, 9.17) is 4.74 Å². The van der Waals surface area contributed by atoms with Crippen LogP contribution in [0, 0.1) is 0 Å². The number of halogens is 1. The van der Waals surface area contributed by atoms with Crippen molar-refractivity contribution in [1.29, 1.82) is 0 Å². The summed E-state index contributed by atoms with van der Waals surface area (Å²) in [6.07, 6.45) is 1.73. The van der Waals surface area contributed by atoms with Crippen LogP contribution in [-0.4, -0.2) is 15.5 Å². The van der Waals surface area contributed by atoms with E-state index in [1.54, 1.807) is 36.7 Å². The van der Waals surface area contributed by atoms with Gasteiger partial charge in [-0.15, -0.1) is 0 Å². The summed E-state index contributed by atoms with van der Waals surface area (Å²) < 4.78 is 8.12. The molecular formula is C15H11BrN2O2. The van der Waals surface area contributed by atoms with Crippen LogP contribution >= 0.6 is 15.9 Å². The Hall–Kier alpha value is -2.14. The van der Waals surface area contributed by atoms with Gasteiger partial charge in [-0.05, 0) is 30.3 Å². The van der Waals surface area contributed by atoms with E-state index in [0.29, 0.717) is 11.3 Å². The van der Waals surface area contributed by atoms with Crippen molar-refractivity contribution in [1.82, 2.24) is 9.55 Å². The molecule has 0 amide bonds. The number of benzene rings is 2. The Kier molecular flexibility index (Phi) is 3.28. The zero-order valence-electron chi connectivity index (χ0n) is 10.7. The normalized spacial score (nSPS) is 10.7. The van der Waals surface area contributed by atoms with E-state index >= 15 is 0 Å². The third kappa shape index (κ3) is 2.44. The number of aromatic nitrogens is 2. The summed E-state index contributed by atoms with van der Waals surface area (Å²) in [7, 11) is 1.92. The van der Waals surface area contributed by atoms with Crippen LogP contribution in [0.25, 0.3) is 11.0 Å². The van der Waals surface area contributed by atoms with Crippen LogP contribution in [0.1, 0.15) is 10.4 Å². The lowest BCUT2D eigenvalue weighted by Gasteiger charge is -2.05. The number of aryl methyl sites for hydroxylation is 1. The first-order valence-corrected chi connectivity index (χ1v) is 6.81. The molecule has 0 aliphatic carbocycles. The Morgan fingerprint density at radius 1 is 1.25 bits per heavy atom. The largest absolute Gasteiger partial charge is 0.423 e. The van der Waals surface area contributed by atoms with E-state index in [1.165, 1.54) is 0 Å². The minimum atomic E-state index is -0.387. The maximum absolute atomic E-state index is 12.0. The number of carbonyl (C=O) groups is 1. The van der Waals surface area contributed by atoms with Crippen LogP contribution in [0.15, 0.2) is 53.3 Å². The molecule has 3 rings (SSSR count). The fourth-order valence-electron chi connectivity index (χ4n) is 1.96. The van der Waals surface area contributed by atoms with E-state index in [9.17, 15) is 4.79 Å². The molecule has 0 atom stereocenters. The van der Waals surface area contributed by atoms with Crippen LogP contribution in [0.2, 0.25) is 0 Å². The molecule has 1 heterocycles. The first-order valence-electron chi connectivity index (χ1n) is 6.02. The van der Waals surface area contributed by atoms with Crippen molar-refractivity contribution in [3.63, 3.8) is 0 Å². The Labute approximate surface area is 124 Å². The van der Waals surface area contributed by atoms with Gasteiger partial charge in [0, 0.05) is 17.6 Å². The first kappa shape index (κ1) is 12.9. The van der Waals surface area contributed by atoms with Gasteiger partial charge in [0.1, 0.15) is 5.75 Å². The van der Waals surface area contributed by atoms with Gasteiger partial charge < -0.3 is 9.30 Å². The highest BCUT2D eigenvalue weighted by atomic mass is 79.9.